The highest BCUT2D eigenvalue weighted by Crippen LogP contribution is 2.45. The number of halogens is 1. The van der Waals surface area contributed by atoms with Crippen molar-refractivity contribution in [3.8, 4) is 0 Å². The molecule has 4 unspecified atom stereocenters. The van der Waals surface area contributed by atoms with Gasteiger partial charge in [0.05, 0.1) is 24.4 Å². The second-order valence-corrected chi connectivity index (χ2v) is 49.6. The molecule has 40 heteroatoms. The van der Waals surface area contributed by atoms with Gasteiger partial charge in [-0.1, -0.05) is 30.4 Å². The normalized spacial score (nSPS) is 26.8. The zero-order valence-electron chi connectivity index (χ0n) is 60.1. The van der Waals surface area contributed by atoms with Crippen LogP contribution in [0.2, 0.25) is 0 Å². The topological polar surface area (TPSA) is 456 Å². The van der Waals surface area contributed by atoms with Gasteiger partial charge in [-0.2, -0.15) is 0 Å². The molecular weight excluding hydrogens is 1580 g/mol. The third-order valence-electron chi connectivity index (χ3n) is 17.5. The molecule has 4 fully saturated rings. The molecule has 0 saturated carbocycles. The second kappa shape index (κ2) is 32.9. The molecule has 12 heterocycles. The first-order valence-corrected chi connectivity index (χ1v) is 49.1. The first kappa shape index (κ1) is 82.8. The smallest absolute Gasteiger partial charge is 0.279 e. The van der Waals surface area contributed by atoms with E-state index in [1.54, 1.807) is 41.4 Å². The Bertz CT molecular complexity index is 4940. The highest BCUT2D eigenvalue weighted by atomic mass is 127. The zero-order chi connectivity index (χ0) is 76.2. The molecule has 8 aromatic rings. The number of aliphatic hydroxyl groups excluding tert-OH is 8. The van der Waals surface area contributed by atoms with Gasteiger partial charge in [0.25, 0.3) is 22.2 Å². The number of aliphatic hydroxyl groups is 8. The Morgan fingerprint density at radius 2 is 0.728 bits per heavy atom. The van der Waals surface area contributed by atoms with Crippen LogP contribution in [0, 0.1) is 36.3 Å². The minimum absolute atomic E-state index is 0.188. The predicted molar refractivity (Wildman–Crippen MR) is 425 cm³/mol. The minimum atomic E-state index is -1.27. The Morgan fingerprint density at radius 1 is 0.437 bits per heavy atom. The van der Waals surface area contributed by atoms with Crippen molar-refractivity contribution in [3.05, 3.63) is 73.3 Å². The van der Waals surface area contributed by atoms with E-state index >= 15 is 0 Å². The molecule has 8 aromatic heterocycles. The quantitative estimate of drug-likeness (QED) is 0.0180. The first-order chi connectivity index (χ1) is 47.9. The first-order valence-electron chi connectivity index (χ1n) is 33.2. The van der Waals surface area contributed by atoms with E-state index in [2.05, 4.69) is 138 Å². The van der Waals surface area contributed by atoms with Gasteiger partial charge >= 0.3 is 0 Å². The van der Waals surface area contributed by atoms with Crippen molar-refractivity contribution in [2.24, 2.45) is 0 Å². The van der Waals surface area contributed by atoms with Crippen LogP contribution in [0.4, 0.5) is 0 Å². The number of hydrogen-bond acceptors (Lipinski definition) is 26. The number of hydrogen-bond donors (Lipinski definition) is 13. The number of H-pyrrole nitrogens is 5. The number of ether oxygens (including phenoxy) is 4. The van der Waals surface area contributed by atoms with Gasteiger partial charge in [-0.15, -0.1) is 52.7 Å². The SMILES string of the molecule is C=P(C)(C)CC[C@H]1OC(n2c(=S)[nH]c3c(=O)[nH]c(C)nc32)[C@H](O)[C@@H]1O.C=P(C)(C)CC[C@H]1OC(n2c(I)nc3c(=O)[nH]c(C)nc32)[C@H](O)[C@@H]1O.C=P(C)(C)CC[C@H]1OC(n2c(SC)nc3c(=O)[nH]c(C)nc32)[C@H](O)[C@@H]1O.C=P(C)(C)CC[C@H]1OC(n2c(SCC)nc3c(=O)[nH]c(C)nc32)[C@H](O)[C@@H]1O. The molecule has 103 heavy (non-hydrogen) atoms. The highest BCUT2D eigenvalue weighted by molar-refractivity contribution is 14.1. The number of nitrogens with zero attached hydrogens (tertiary/aromatic N) is 11. The van der Waals surface area contributed by atoms with Gasteiger partial charge in [-0.25, -0.2) is 34.9 Å². The number of rotatable bonds is 19. The Labute approximate surface area is 621 Å². The van der Waals surface area contributed by atoms with E-state index in [0.717, 1.165) is 30.4 Å². The van der Waals surface area contributed by atoms with Gasteiger partial charge in [0, 0.05) is 22.6 Å². The van der Waals surface area contributed by atoms with Crippen LogP contribution in [0.1, 0.15) is 80.8 Å². The molecule has 0 amide bonds. The number of fused-ring (bicyclic) bond motifs is 4. The van der Waals surface area contributed by atoms with Crippen LogP contribution < -0.4 is 22.2 Å². The molecule has 0 spiro atoms. The molecule has 4 saturated heterocycles. The third-order valence-corrected chi connectivity index (χ3v) is 25.9. The number of aromatic nitrogens is 16. The number of thioether (sulfide) groups is 2. The predicted octanol–water partition coefficient (Wildman–Crippen LogP) is 3.69. The van der Waals surface area contributed by atoms with E-state index < -0.39 is 126 Å². The lowest BCUT2D eigenvalue weighted by Crippen LogP contribution is -2.32. The van der Waals surface area contributed by atoms with Crippen LogP contribution in [-0.4, -0.2) is 307 Å². The molecule has 570 valence electrons. The Hall–Kier alpha value is -4.23. The van der Waals surface area contributed by atoms with Crippen LogP contribution in [0.25, 0.3) is 44.7 Å². The van der Waals surface area contributed by atoms with Crippen molar-refractivity contribution in [3.63, 3.8) is 0 Å². The highest BCUT2D eigenvalue weighted by Gasteiger charge is 2.49. The van der Waals surface area contributed by atoms with Gasteiger partial charge in [0.15, 0.2) is 88.5 Å². The van der Waals surface area contributed by atoms with E-state index in [-0.39, 0.29) is 49.1 Å². The van der Waals surface area contributed by atoms with Gasteiger partial charge in [0.1, 0.15) is 72.1 Å². The molecule has 13 N–H and O–H groups in total. The molecule has 0 aromatic carbocycles. The number of imidazole rings is 4. The molecule has 4 aliphatic heterocycles. The number of aryl methyl sites for hydroxylation is 4. The summed E-state index contributed by atoms with van der Waals surface area (Å²) in [5.41, 5.74) is 0.786. The van der Waals surface area contributed by atoms with Crippen molar-refractivity contribution in [2.45, 2.75) is 169 Å². The van der Waals surface area contributed by atoms with Crippen molar-refractivity contribution in [1.29, 1.82) is 0 Å². The van der Waals surface area contributed by atoms with Crippen molar-refractivity contribution in [2.75, 3.05) is 90.0 Å². The largest absolute Gasteiger partial charge is 0.388 e. The minimum Gasteiger partial charge on any atom is -0.388 e. The van der Waals surface area contributed by atoms with E-state index in [1.807, 2.05) is 35.8 Å². The lowest BCUT2D eigenvalue weighted by atomic mass is 10.1. The summed E-state index contributed by atoms with van der Waals surface area (Å²) in [4.78, 5) is 92.2. The summed E-state index contributed by atoms with van der Waals surface area (Å²) < 4.78 is 30.9. The second-order valence-electron chi connectivity index (χ2n) is 29.0. The van der Waals surface area contributed by atoms with Gasteiger partial charge in [0.2, 0.25) is 0 Å². The molecule has 0 aliphatic carbocycles. The fraction of sp³-hybridized carbons (Fsp3) is 0.619. The van der Waals surface area contributed by atoms with E-state index in [4.69, 9.17) is 31.2 Å². The summed E-state index contributed by atoms with van der Waals surface area (Å²) in [5.74, 6) is 2.51. The lowest BCUT2D eigenvalue weighted by Gasteiger charge is -2.19. The van der Waals surface area contributed by atoms with E-state index in [0.29, 0.717) is 85.7 Å². The molecule has 16 atom stereocenters. The van der Waals surface area contributed by atoms with Crippen LogP contribution in [0.5, 0.6) is 0 Å². The van der Waals surface area contributed by atoms with Crippen LogP contribution >= 0.6 is 85.9 Å². The maximum atomic E-state index is 12.3. The maximum Gasteiger partial charge on any atom is 0.279 e. The van der Waals surface area contributed by atoms with Gasteiger partial charge in [-0.05, 0) is 156 Å². The fourth-order valence-electron chi connectivity index (χ4n) is 12.3. The van der Waals surface area contributed by atoms with Gasteiger partial charge in [-0.3, -0.25) is 37.4 Å². The van der Waals surface area contributed by atoms with Gasteiger partial charge < -0.3 is 84.7 Å². The standard InChI is InChI=1S/C17H27N4O4PS.C16H25N4O4PS.C15H22IN4O4P.C15H23N4O4PS/c1-6-27-17-20-11-14(18-9(2)19-15(11)24)21(17)16-13(23)12(22)10(25-16)7-8-26(3,4)5;1-8-17-13-10(14(23)18-8)19-16(26-5)20(13)15-12(22)11(21)9(24-15)6-7-25(2,3)4;1-7-17-12-9(13(23)18-7)19-15(16)20(12)14-11(22)10(21)8(24-14)5-6-25(2,3)4;1-7-16-12-9(13(22)17-7)18-15(25)19(12)14-11(21)10(20)8(23-14)5-6-24(2,3)4/h10,12-13,16,22-23H,3,6-8H2,1-2,4-5H3,(H,18,19,24);9,11-12,15,21-22H,2,6-7H2,1,3-5H3,(H,17,18,23);8,10-11,14,21-22H,2,5-6H2,1,3-4H3,(H,17,18,23);8,10-11,14,20-21H,2,5-6H2,1,3-4H3,(H,18,25)(H,16,17,22)/t10-,12-,13-,16?;9-,11-,12-,15?;2*8-,10-,11-,14?/m1111/s1. The third kappa shape index (κ3) is 19.1. The molecule has 32 nitrogen and oxygen atoms in total. The Balaban J connectivity index is 0.000000160. The Morgan fingerprint density at radius 3 is 1.07 bits per heavy atom. The van der Waals surface area contributed by atoms with Crippen molar-refractivity contribution >= 4 is 156 Å². The summed E-state index contributed by atoms with van der Waals surface area (Å²) in [6, 6.07) is 0. The molecule has 4 aliphatic rings. The summed E-state index contributed by atoms with van der Waals surface area (Å²) in [7, 11) is 0. The zero-order valence-corrected chi connectivity index (χ0v) is 68.3. The van der Waals surface area contributed by atoms with Crippen LogP contribution in [0.3, 0.4) is 0 Å². The molecular formula is C63H97IN16O16P4S3. The van der Waals surface area contributed by atoms with Crippen LogP contribution in [0.15, 0.2) is 29.5 Å². The van der Waals surface area contributed by atoms with Crippen LogP contribution in [-0.2, 0) is 18.9 Å². The van der Waals surface area contributed by atoms with Crippen molar-refractivity contribution < 1.29 is 59.8 Å². The lowest BCUT2D eigenvalue weighted by molar-refractivity contribution is -0.0400. The molecule has 12 rings (SSSR count). The average molecular weight is 1680 g/mol. The number of aromatic amines is 5. The number of nitrogens with one attached hydrogen (secondary N) is 5. The summed E-state index contributed by atoms with van der Waals surface area (Å²) in [6.45, 7) is 20.6. The molecule has 0 radical (unpaired) electrons. The summed E-state index contributed by atoms with van der Waals surface area (Å²) >= 11 is 10.0. The average Bonchev–Trinajstić information content (AvgIpc) is 1.63. The fourth-order valence-corrected chi connectivity index (χ4v) is 18.4. The summed E-state index contributed by atoms with van der Waals surface area (Å²) in [6.07, 6.45) is 10.3. The molecule has 0 bridgehead atoms. The Kier molecular flexibility index (Phi) is 26.5. The van der Waals surface area contributed by atoms with E-state index in [9.17, 15) is 60.0 Å². The van der Waals surface area contributed by atoms with Crippen molar-refractivity contribution in [1.82, 2.24) is 78.1 Å². The maximum absolute atomic E-state index is 12.3. The van der Waals surface area contributed by atoms with E-state index in [1.165, 1.54) is 28.1 Å². The monoisotopic (exact) mass is 1680 g/mol. The summed E-state index contributed by atoms with van der Waals surface area (Å²) in [5, 5.41) is 85.0.